The van der Waals surface area contributed by atoms with Crippen molar-refractivity contribution in [3.05, 3.63) is 33.5 Å². The van der Waals surface area contributed by atoms with Crippen LogP contribution in [0.4, 0.5) is 0 Å². The molecule has 3 rings (SSSR count). The number of carbonyl (C=O) groups excluding carboxylic acids is 2. The van der Waals surface area contributed by atoms with E-state index in [2.05, 4.69) is 14.9 Å². The number of nitrogens with one attached hydrogen (secondary N) is 1. The number of hydrogen-bond donors (Lipinski definition) is 1. The molecule has 0 saturated heterocycles. The summed E-state index contributed by atoms with van der Waals surface area (Å²) in [4.78, 5) is 29.1. The Kier molecular flexibility index (Phi) is 5.72. The number of thiophene rings is 1. The second-order valence-electron chi connectivity index (χ2n) is 7.60. The highest BCUT2D eigenvalue weighted by molar-refractivity contribution is 7.10. The zero-order valence-corrected chi connectivity index (χ0v) is 16.9. The molecule has 0 unspecified atom stereocenters. The molecule has 26 heavy (non-hydrogen) atoms. The molecular formula is C18H24N4O2S2. The fraction of sp³-hybridized carbons (Fsp3) is 0.556. The number of carbonyl (C=O) groups is 2. The van der Waals surface area contributed by atoms with Gasteiger partial charge in [0.15, 0.2) is 5.69 Å². The lowest BCUT2D eigenvalue weighted by molar-refractivity contribution is -0.128. The van der Waals surface area contributed by atoms with E-state index >= 15 is 0 Å². The van der Waals surface area contributed by atoms with Crippen molar-refractivity contribution in [3.8, 4) is 0 Å². The van der Waals surface area contributed by atoms with Crippen LogP contribution in [0.15, 0.2) is 22.9 Å². The van der Waals surface area contributed by atoms with E-state index in [1.165, 1.54) is 11.3 Å². The molecule has 2 aromatic rings. The normalized spacial score (nSPS) is 16.4. The molecule has 0 spiro atoms. The first-order valence-corrected chi connectivity index (χ1v) is 10.5. The minimum atomic E-state index is -0.647. The third kappa shape index (κ3) is 4.29. The molecule has 2 aromatic heterocycles. The van der Waals surface area contributed by atoms with Crippen molar-refractivity contribution in [1.29, 1.82) is 0 Å². The van der Waals surface area contributed by atoms with Crippen LogP contribution in [0.1, 0.15) is 67.9 Å². The number of aromatic nitrogens is 2. The van der Waals surface area contributed by atoms with Crippen molar-refractivity contribution in [3.63, 3.8) is 0 Å². The Labute approximate surface area is 161 Å². The standard InChI is InChI=1S/C18H24N4O2S2/c1-18(2,3)19-16(23)15(14-9-6-10-25-14)22(12-7-4-5-8-12)17(24)13-11-26-21-20-13/h6,9-12,15H,4-5,7-8H2,1-3H3,(H,19,23)/t15-/m1/s1. The fourth-order valence-corrected chi connectivity index (χ4v) is 4.59. The topological polar surface area (TPSA) is 75.2 Å². The molecule has 2 amide bonds. The molecule has 1 atom stereocenters. The van der Waals surface area contributed by atoms with Crippen LogP contribution < -0.4 is 5.32 Å². The highest BCUT2D eigenvalue weighted by atomic mass is 32.1. The van der Waals surface area contributed by atoms with Crippen LogP contribution in [-0.2, 0) is 4.79 Å². The zero-order chi connectivity index (χ0) is 18.7. The van der Waals surface area contributed by atoms with Crippen LogP contribution in [0.3, 0.4) is 0 Å². The average molecular weight is 393 g/mol. The summed E-state index contributed by atoms with van der Waals surface area (Å²) < 4.78 is 3.82. The van der Waals surface area contributed by atoms with Crippen molar-refractivity contribution >= 4 is 34.7 Å². The minimum absolute atomic E-state index is 0.0435. The van der Waals surface area contributed by atoms with Crippen LogP contribution in [-0.4, -0.2) is 37.9 Å². The van der Waals surface area contributed by atoms with Crippen molar-refractivity contribution in [2.45, 2.75) is 64.1 Å². The minimum Gasteiger partial charge on any atom is -0.349 e. The summed E-state index contributed by atoms with van der Waals surface area (Å²) >= 11 is 2.65. The Morgan fingerprint density at radius 3 is 2.58 bits per heavy atom. The predicted octanol–water partition coefficient (Wildman–Crippen LogP) is 3.64. The highest BCUT2D eigenvalue weighted by Crippen LogP contribution is 2.35. The number of hydrogen-bond acceptors (Lipinski definition) is 6. The lowest BCUT2D eigenvalue weighted by Gasteiger charge is -2.36. The molecule has 140 valence electrons. The van der Waals surface area contributed by atoms with Gasteiger partial charge in [0.2, 0.25) is 5.91 Å². The van der Waals surface area contributed by atoms with Gasteiger partial charge in [0.25, 0.3) is 5.91 Å². The van der Waals surface area contributed by atoms with Gasteiger partial charge in [-0.05, 0) is 56.6 Å². The van der Waals surface area contributed by atoms with Crippen molar-refractivity contribution in [1.82, 2.24) is 19.8 Å². The van der Waals surface area contributed by atoms with E-state index in [0.717, 1.165) is 42.1 Å². The molecular weight excluding hydrogens is 368 g/mol. The maximum absolute atomic E-state index is 13.3. The van der Waals surface area contributed by atoms with E-state index in [9.17, 15) is 9.59 Å². The molecule has 1 fully saturated rings. The average Bonchev–Trinajstić information content (AvgIpc) is 3.33. The number of nitrogens with zero attached hydrogens (tertiary/aromatic N) is 3. The van der Waals surface area contributed by atoms with E-state index in [-0.39, 0.29) is 23.4 Å². The molecule has 2 heterocycles. The van der Waals surface area contributed by atoms with E-state index in [4.69, 9.17) is 0 Å². The molecule has 6 nitrogen and oxygen atoms in total. The molecule has 0 radical (unpaired) electrons. The van der Waals surface area contributed by atoms with Gasteiger partial charge in [-0.3, -0.25) is 9.59 Å². The first-order chi connectivity index (χ1) is 12.4. The van der Waals surface area contributed by atoms with Gasteiger partial charge in [-0.1, -0.05) is 23.4 Å². The van der Waals surface area contributed by atoms with E-state index in [1.807, 2.05) is 38.3 Å². The second kappa shape index (κ2) is 7.84. The second-order valence-corrected chi connectivity index (χ2v) is 9.19. The Balaban J connectivity index is 2.00. The lowest BCUT2D eigenvalue weighted by Crippen LogP contribution is -2.51. The van der Waals surface area contributed by atoms with Gasteiger partial charge >= 0.3 is 0 Å². The molecule has 1 aliphatic rings. The summed E-state index contributed by atoms with van der Waals surface area (Å²) in [6.07, 6.45) is 3.96. The Hall–Kier alpha value is -1.80. The zero-order valence-electron chi connectivity index (χ0n) is 15.3. The molecule has 1 N–H and O–H groups in total. The number of rotatable bonds is 5. The first kappa shape index (κ1) is 19.0. The third-order valence-electron chi connectivity index (χ3n) is 4.37. The van der Waals surface area contributed by atoms with Crippen LogP contribution in [0, 0.1) is 0 Å². The van der Waals surface area contributed by atoms with Gasteiger partial charge < -0.3 is 10.2 Å². The molecule has 0 aliphatic heterocycles. The van der Waals surface area contributed by atoms with Gasteiger partial charge in [-0.15, -0.1) is 16.4 Å². The predicted molar refractivity (Wildman–Crippen MR) is 103 cm³/mol. The SMILES string of the molecule is CC(C)(C)NC(=O)[C@@H](c1cccs1)N(C(=O)c1csnn1)C1CCCC1. The Morgan fingerprint density at radius 1 is 1.31 bits per heavy atom. The third-order valence-corrected chi connectivity index (χ3v) is 5.80. The van der Waals surface area contributed by atoms with Crippen LogP contribution >= 0.6 is 22.9 Å². The molecule has 8 heteroatoms. The summed E-state index contributed by atoms with van der Waals surface area (Å²) in [6, 6.07) is 3.24. The molecule has 0 bridgehead atoms. The van der Waals surface area contributed by atoms with Crippen molar-refractivity contribution in [2.75, 3.05) is 0 Å². The summed E-state index contributed by atoms with van der Waals surface area (Å²) in [5, 5.41) is 10.6. The maximum atomic E-state index is 13.3. The summed E-state index contributed by atoms with van der Waals surface area (Å²) in [5.41, 5.74) is -0.0638. The molecule has 0 aromatic carbocycles. The van der Waals surface area contributed by atoms with E-state index < -0.39 is 6.04 Å². The quantitative estimate of drug-likeness (QED) is 0.843. The molecule has 1 aliphatic carbocycles. The van der Waals surface area contributed by atoms with Gasteiger partial charge in [0.1, 0.15) is 6.04 Å². The Bertz CT molecular complexity index is 732. The van der Waals surface area contributed by atoms with Gasteiger partial charge in [-0.2, -0.15) is 0 Å². The van der Waals surface area contributed by atoms with Gasteiger partial charge in [0, 0.05) is 21.8 Å². The summed E-state index contributed by atoms with van der Waals surface area (Å²) in [6.45, 7) is 5.84. The Morgan fingerprint density at radius 2 is 2.04 bits per heavy atom. The van der Waals surface area contributed by atoms with Crippen LogP contribution in [0.25, 0.3) is 0 Å². The van der Waals surface area contributed by atoms with E-state index in [0.29, 0.717) is 5.69 Å². The number of amides is 2. The summed E-state index contributed by atoms with van der Waals surface area (Å²) in [5.74, 6) is -0.364. The largest absolute Gasteiger partial charge is 0.349 e. The van der Waals surface area contributed by atoms with E-state index in [1.54, 1.807) is 10.3 Å². The molecule has 1 saturated carbocycles. The smallest absolute Gasteiger partial charge is 0.276 e. The van der Waals surface area contributed by atoms with Crippen LogP contribution in [0.5, 0.6) is 0 Å². The monoisotopic (exact) mass is 392 g/mol. The summed E-state index contributed by atoms with van der Waals surface area (Å²) in [7, 11) is 0. The van der Waals surface area contributed by atoms with Crippen LogP contribution in [0.2, 0.25) is 0 Å². The van der Waals surface area contributed by atoms with Gasteiger partial charge in [0.05, 0.1) is 0 Å². The lowest BCUT2D eigenvalue weighted by atomic mass is 10.0. The van der Waals surface area contributed by atoms with Gasteiger partial charge in [-0.25, -0.2) is 0 Å². The maximum Gasteiger partial charge on any atom is 0.276 e. The first-order valence-electron chi connectivity index (χ1n) is 8.82. The highest BCUT2D eigenvalue weighted by Gasteiger charge is 2.40. The van der Waals surface area contributed by atoms with Crippen molar-refractivity contribution in [2.24, 2.45) is 0 Å². The fourth-order valence-electron chi connectivity index (χ4n) is 3.34. The van der Waals surface area contributed by atoms with Crippen molar-refractivity contribution < 1.29 is 9.59 Å².